The van der Waals surface area contributed by atoms with Crippen molar-refractivity contribution in [2.75, 3.05) is 26.1 Å². The minimum atomic E-state index is -0.432. The smallest absolute Gasteiger partial charge is 0.306 e. The third kappa shape index (κ3) is 5.84. The molecule has 132 valence electrons. The Morgan fingerprint density at radius 3 is 2.36 bits per heavy atom. The largest absolute Gasteiger partial charge is 0.493 e. The van der Waals surface area contributed by atoms with Gasteiger partial charge >= 0.3 is 5.97 Å². The monoisotopic (exact) mass is 343 g/mol. The van der Waals surface area contributed by atoms with Gasteiger partial charge in [0.25, 0.3) is 5.91 Å². The van der Waals surface area contributed by atoms with Crippen LogP contribution in [0, 0.1) is 0 Å². The van der Waals surface area contributed by atoms with E-state index in [1.54, 1.807) is 32.4 Å². The lowest BCUT2D eigenvalue weighted by Crippen LogP contribution is -2.21. The van der Waals surface area contributed by atoms with Gasteiger partial charge < -0.3 is 19.5 Å². The fourth-order valence-corrected chi connectivity index (χ4v) is 2.22. The van der Waals surface area contributed by atoms with E-state index < -0.39 is 5.97 Å². The number of ether oxygens (including phenoxy) is 3. The highest BCUT2D eigenvalue weighted by atomic mass is 16.5. The lowest BCUT2D eigenvalue weighted by atomic mass is 10.1. The summed E-state index contributed by atoms with van der Waals surface area (Å²) in [5, 5.41) is 2.65. The van der Waals surface area contributed by atoms with Gasteiger partial charge in [0, 0.05) is 12.1 Å². The molecular weight excluding hydrogens is 322 g/mol. The summed E-state index contributed by atoms with van der Waals surface area (Å²) in [6.45, 7) is -0.306. The molecule has 0 saturated heterocycles. The van der Waals surface area contributed by atoms with Gasteiger partial charge in [-0.1, -0.05) is 24.3 Å². The van der Waals surface area contributed by atoms with E-state index in [2.05, 4.69) is 5.32 Å². The molecule has 0 unspecified atom stereocenters. The first-order chi connectivity index (χ1) is 12.1. The number of carbonyl (C=O) groups excluding carboxylic acids is 2. The Balaban J connectivity index is 1.76. The molecule has 6 nitrogen and oxygen atoms in total. The lowest BCUT2D eigenvalue weighted by Gasteiger charge is -2.09. The lowest BCUT2D eigenvalue weighted by molar-refractivity contribution is -0.147. The molecular formula is C19H21NO5. The molecule has 0 aliphatic carbocycles. The summed E-state index contributed by atoms with van der Waals surface area (Å²) in [5.74, 6) is 0.436. The summed E-state index contributed by atoms with van der Waals surface area (Å²) in [4.78, 5) is 23.5. The third-order valence-electron chi connectivity index (χ3n) is 3.49. The Labute approximate surface area is 146 Å². The van der Waals surface area contributed by atoms with Crippen molar-refractivity contribution in [2.45, 2.75) is 12.8 Å². The van der Waals surface area contributed by atoms with Gasteiger partial charge in [0.1, 0.15) is 0 Å². The van der Waals surface area contributed by atoms with E-state index in [9.17, 15) is 9.59 Å². The van der Waals surface area contributed by atoms with Gasteiger partial charge in [0.2, 0.25) is 0 Å². The van der Waals surface area contributed by atoms with Crippen molar-refractivity contribution in [2.24, 2.45) is 0 Å². The fraction of sp³-hybridized carbons (Fsp3) is 0.263. The standard InChI is InChI=1S/C19H21NO5/c1-23-16-10-8-14(12-17(16)24-2)9-11-19(22)25-13-18(21)20-15-6-4-3-5-7-15/h3-8,10,12H,9,11,13H2,1-2H3,(H,20,21). The summed E-state index contributed by atoms with van der Waals surface area (Å²) in [7, 11) is 3.12. The molecule has 1 amide bonds. The van der Waals surface area contributed by atoms with E-state index in [1.807, 2.05) is 30.3 Å². The highest BCUT2D eigenvalue weighted by Gasteiger charge is 2.10. The average Bonchev–Trinajstić information content (AvgIpc) is 2.65. The summed E-state index contributed by atoms with van der Waals surface area (Å²) in [5.41, 5.74) is 1.58. The molecule has 0 spiro atoms. The number of aryl methyl sites for hydroxylation is 1. The van der Waals surface area contributed by atoms with Crippen LogP contribution in [0.3, 0.4) is 0 Å². The van der Waals surface area contributed by atoms with Gasteiger partial charge in [-0.15, -0.1) is 0 Å². The van der Waals surface area contributed by atoms with Crippen LogP contribution >= 0.6 is 0 Å². The Kier molecular flexibility index (Phi) is 6.83. The van der Waals surface area contributed by atoms with Crippen LogP contribution in [-0.2, 0) is 20.7 Å². The molecule has 0 saturated carbocycles. The topological polar surface area (TPSA) is 73.9 Å². The normalized spacial score (nSPS) is 10.0. The molecule has 1 N–H and O–H groups in total. The number of carbonyl (C=O) groups is 2. The van der Waals surface area contributed by atoms with Gasteiger partial charge in [-0.25, -0.2) is 0 Å². The molecule has 0 radical (unpaired) electrons. The summed E-state index contributed by atoms with van der Waals surface area (Å²) in [6, 6.07) is 14.4. The van der Waals surface area contributed by atoms with Crippen molar-refractivity contribution < 1.29 is 23.8 Å². The molecule has 0 heterocycles. The number of nitrogens with one attached hydrogen (secondary N) is 1. The molecule has 2 aromatic carbocycles. The van der Waals surface area contributed by atoms with Gasteiger partial charge in [0.15, 0.2) is 18.1 Å². The number of benzene rings is 2. The first-order valence-corrected chi connectivity index (χ1v) is 7.84. The van der Waals surface area contributed by atoms with E-state index in [1.165, 1.54) is 0 Å². The predicted molar refractivity (Wildman–Crippen MR) is 93.9 cm³/mol. The van der Waals surface area contributed by atoms with Crippen molar-refractivity contribution in [1.82, 2.24) is 0 Å². The van der Waals surface area contributed by atoms with Crippen molar-refractivity contribution in [3.8, 4) is 11.5 Å². The SMILES string of the molecule is COc1ccc(CCC(=O)OCC(=O)Nc2ccccc2)cc1OC. The number of amides is 1. The zero-order valence-electron chi connectivity index (χ0n) is 14.3. The molecule has 0 aromatic heterocycles. The van der Waals surface area contributed by atoms with Crippen LogP contribution in [0.25, 0.3) is 0 Å². The Hall–Kier alpha value is -3.02. The molecule has 25 heavy (non-hydrogen) atoms. The number of hydrogen-bond donors (Lipinski definition) is 1. The van der Waals surface area contributed by atoms with Gasteiger partial charge in [-0.3, -0.25) is 9.59 Å². The number of rotatable bonds is 8. The summed E-state index contributed by atoms with van der Waals surface area (Å²) >= 11 is 0. The zero-order chi connectivity index (χ0) is 18.1. The van der Waals surface area contributed by atoms with Crippen molar-refractivity contribution >= 4 is 17.6 Å². The number of para-hydroxylation sites is 1. The average molecular weight is 343 g/mol. The van der Waals surface area contributed by atoms with E-state index in [4.69, 9.17) is 14.2 Å². The van der Waals surface area contributed by atoms with Crippen LogP contribution in [0.5, 0.6) is 11.5 Å². The molecule has 0 bridgehead atoms. The zero-order valence-corrected chi connectivity index (χ0v) is 14.3. The quantitative estimate of drug-likeness (QED) is 0.746. The second kappa shape index (κ2) is 9.32. The molecule has 6 heteroatoms. The highest BCUT2D eigenvalue weighted by molar-refractivity contribution is 5.92. The molecule has 0 aliphatic rings. The van der Waals surface area contributed by atoms with E-state index in [0.29, 0.717) is 23.6 Å². The predicted octanol–water partition coefficient (Wildman–Crippen LogP) is 2.82. The number of anilines is 1. The Morgan fingerprint density at radius 1 is 0.960 bits per heavy atom. The van der Waals surface area contributed by atoms with Crippen molar-refractivity contribution in [3.05, 3.63) is 54.1 Å². The van der Waals surface area contributed by atoms with Crippen LogP contribution in [0.2, 0.25) is 0 Å². The maximum absolute atomic E-state index is 11.8. The fourth-order valence-electron chi connectivity index (χ4n) is 2.22. The second-order valence-electron chi connectivity index (χ2n) is 5.26. The number of hydrogen-bond acceptors (Lipinski definition) is 5. The molecule has 0 aliphatic heterocycles. The van der Waals surface area contributed by atoms with Crippen molar-refractivity contribution in [1.29, 1.82) is 0 Å². The molecule has 0 atom stereocenters. The van der Waals surface area contributed by atoms with Crippen LogP contribution in [0.15, 0.2) is 48.5 Å². The van der Waals surface area contributed by atoms with Gasteiger partial charge in [-0.2, -0.15) is 0 Å². The first kappa shape index (κ1) is 18.3. The van der Waals surface area contributed by atoms with Crippen LogP contribution in [-0.4, -0.2) is 32.7 Å². The highest BCUT2D eigenvalue weighted by Crippen LogP contribution is 2.27. The minimum absolute atomic E-state index is 0.175. The third-order valence-corrected chi connectivity index (χ3v) is 3.49. The maximum Gasteiger partial charge on any atom is 0.306 e. The number of methoxy groups -OCH3 is 2. The summed E-state index contributed by atoms with van der Waals surface area (Å²) < 4.78 is 15.4. The number of esters is 1. The van der Waals surface area contributed by atoms with Gasteiger partial charge in [0.05, 0.1) is 14.2 Å². The van der Waals surface area contributed by atoms with Crippen LogP contribution < -0.4 is 14.8 Å². The summed E-state index contributed by atoms with van der Waals surface area (Å²) in [6.07, 6.45) is 0.660. The van der Waals surface area contributed by atoms with E-state index >= 15 is 0 Å². The van der Waals surface area contributed by atoms with E-state index in [-0.39, 0.29) is 18.9 Å². The second-order valence-corrected chi connectivity index (χ2v) is 5.26. The molecule has 0 fully saturated rings. The van der Waals surface area contributed by atoms with Crippen LogP contribution in [0.4, 0.5) is 5.69 Å². The van der Waals surface area contributed by atoms with E-state index in [0.717, 1.165) is 5.56 Å². The molecule has 2 rings (SSSR count). The minimum Gasteiger partial charge on any atom is -0.493 e. The molecule has 2 aromatic rings. The Bertz CT molecular complexity index is 715. The maximum atomic E-state index is 11.8. The van der Waals surface area contributed by atoms with Gasteiger partial charge in [-0.05, 0) is 36.2 Å². The van der Waals surface area contributed by atoms with Crippen molar-refractivity contribution in [3.63, 3.8) is 0 Å². The first-order valence-electron chi connectivity index (χ1n) is 7.84. The van der Waals surface area contributed by atoms with Crippen LogP contribution in [0.1, 0.15) is 12.0 Å². The Morgan fingerprint density at radius 2 is 1.68 bits per heavy atom.